The highest BCUT2D eigenvalue weighted by atomic mass is 16.2. The van der Waals surface area contributed by atoms with Gasteiger partial charge >= 0.3 is 0 Å². The third-order valence-electron chi connectivity index (χ3n) is 7.85. The quantitative estimate of drug-likeness (QED) is 0.428. The summed E-state index contributed by atoms with van der Waals surface area (Å²) in [5.74, 6) is -1.06. The zero-order valence-electron chi connectivity index (χ0n) is 23.0. The van der Waals surface area contributed by atoms with Crippen LogP contribution in [0.1, 0.15) is 58.6 Å². The molecule has 3 amide bonds. The zero-order valence-corrected chi connectivity index (χ0v) is 23.0. The van der Waals surface area contributed by atoms with Gasteiger partial charge in [-0.05, 0) is 64.1 Å². The van der Waals surface area contributed by atoms with Crippen molar-refractivity contribution in [3.63, 3.8) is 0 Å². The monoisotopic (exact) mass is 513 g/mol. The van der Waals surface area contributed by atoms with Gasteiger partial charge < -0.3 is 25.6 Å². The number of benzene rings is 1. The number of nitrogens with one attached hydrogen (secondary N) is 3. The van der Waals surface area contributed by atoms with Crippen LogP contribution >= 0.6 is 0 Å². The molecule has 0 radical (unpaired) electrons. The molecular formula is C28H43N5O4. The minimum absolute atomic E-state index is 0.168. The highest BCUT2D eigenvalue weighted by Crippen LogP contribution is 2.34. The molecule has 1 saturated heterocycles. The molecule has 9 nitrogen and oxygen atoms in total. The molecule has 0 spiro atoms. The van der Waals surface area contributed by atoms with Crippen LogP contribution in [0.3, 0.4) is 0 Å². The fourth-order valence-corrected chi connectivity index (χ4v) is 5.31. The maximum absolute atomic E-state index is 13.9. The summed E-state index contributed by atoms with van der Waals surface area (Å²) < 4.78 is 0. The SMILES string of the molecule is CNC(C)C(=O)NC(C(=O)N1CCN(C(C)C)CC1C(=O)NC1(C=O)CCCc2ccccc21)C(C)C. The number of fused-ring (bicyclic) bond motifs is 1. The first kappa shape index (κ1) is 28.8. The van der Waals surface area contributed by atoms with Gasteiger partial charge in [0.1, 0.15) is 23.9 Å². The molecule has 1 fully saturated rings. The molecular weight excluding hydrogens is 470 g/mol. The second-order valence-electron chi connectivity index (χ2n) is 11.0. The van der Waals surface area contributed by atoms with Crippen LogP contribution in [0.5, 0.6) is 0 Å². The summed E-state index contributed by atoms with van der Waals surface area (Å²) in [5, 5.41) is 8.84. The minimum Gasteiger partial charge on any atom is -0.343 e. The molecule has 0 aromatic heterocycles. The van der Waals surface area contributed by atoms with Crippen molar-refractivity contribution in [3.8, 4) is 0 Å². The van der Waals surface area contributed by atoms with Crippen molar-refractivity contribution in [2.45, 2.75) is 83.6 Å². The van der Waals surface area contributed by atoms with Crippen LogP contribution in [0, 0.1) is 5.92 Å². The number of rotatable bonds is 9. The normalized spacial score (nSPS) is 23.8. The van der Waals surface area contributed by atoms with Crippen molar-refractivity contribution in [3.05, 3.63) is 35.4 Å². The molecule has 0 saturated carbocycles. The predicted molar refractivity (Wildman–Crippen MR) is 143 cm³/mol. The Hall–Kier alpha value is -2.78. The largest absolute Gasteiger partial charge is 0.343 e. The van der Waals surface area contributed by atoms with Gasteiger partial charge in [-0.15, -0.1) is 0 Å². The van der Waals surface area contributed by atoms with Crippen molar-refractivity contribution in [2.75, 3.05) is 26.7 Å². The molecule has 4 unspecified atom stereocenters. The molecule has 204 valence electrons. The number of aldehydes is 1. The van der Waals surface area contributed by atoms with E-state index in [4.69, 9.17) is 0 Å². The van der Waals surface area contributed by atoms with Gasteiger partial charge in [0.05, 0.1) is 6.04 Å². The van der Waals surface area contributed by atoms with Crippen molar-refractivity contribution in [2.24, 2.45) is 5.92 Å². The number of carbonyl (C=O) groups is 4. The highest BCUT2D eigenvalue weighted by molar-refractivity contribution is 5.94. The number of hydrogen-bond acceptors (Lipinski definition) is 6. The average molecular weight is 514 g/mol. The second-order valence-corrected chi connectivity index (χ2v) is 11.0. The Morgan fingerprint density at radius 3 is 2.41 bits per heavy atom. The Labute approximate surface area is 220 Å². The minimum atomic E-state index is -1.12. The first-order valence-electron chi connectivity index (χ1n) is 13.4. The number of amides is 3. The van der Waals surface area contributed by atoms with Crippen molar-refractivity contribution < 1.29 is 19.2 Å². The van der Waals surface area contributed by atoms with E-state index in [1.54, 1.807) is 18.9 Å². The second kappa shape index (κ2) is 12.2. The van der Waals surface area contributed by atoms with Crippen LogP contribution in [-0.2, 0) is 31.1 Å². The van der Waals surface area contributed by atoms with Gasteiger partial charge in [-0.25, -0.2) is 0 Å². The molecule has 3 N–H and O–H groups in total. The molecule has 2 aliphatic rings. The number of hydrogen-bond donors (Lipinski definition) is 3. The number of likely N-dealkylation sites (N-methyl/N-ethyl adjacent to an activating group) is 1. The van der Waals surface area contributed by atoms with Crippen molar-refractivity contribution >= 4 is 24.0 Å². The first-order valence-corrected chi connectivity index (χ1v) is 13.4. The standard InChI is InChI=1S/C28H43N5O4/c1-18(2)24(30-25(35)20(5)29-6)27(37)33-15-14-32(19(3)4)16-23(33)26(36)31-28(17-34)13-9-11-21-10-7-8-12-22(21)28/h7-8,10,12,17-20,23-24,29H,9,11,13-16H2,1-6H3,(H,30,35)(H,31,36). The van der Waals surface area contributed by atoms with Crippen LogP contribution in [0.15, 0.2) is 24.3 Å². The van der Waals surface area contributed by atoms with E-state index >= 15 is 0 Å². The molecule has 1 aromatic carbocycles. The topological polar surface area (TPSA) is 111 Å². The van der Waals surface area contributed by atoms with Gasteiger partial charge in [-0.2, -0.15) is 0 Å². The molecule has 1 aliphatic carbocycles. The van der Waals surface area contributed by atoms with E-state index in [2.05, 4.69) is 34.7 Å². The van der Waals surface area contributed by atoms with Gasteiger partial charge in [0, 0.05) is 25.7 Å². The lowest BCUT2D eigenvalue weighted by Crippen LogP contribution is -2.67. The Bertz CT molecular complexity index is 997. The van der Waals surface area contributed by atoms with Gasteiger partial charge in [-0.3, -0.25) is 19.3 Å². The average Bonchev–Trinajstić information content (AvgIpc) is 2.90. The summed E-state index contributed by atoms with van der Waals surface area (Å²) >= 11 is 0. The van der Waals surface area contributed by atoms with E-state index in [9.17, 15) is 19.2 Å². The fourth-order valence-electron chi connectivity index (χ4n) is 5.31. The lowest BCUT2D eigenvalue weighted by molar-refractivity contribution is -0.149. The third kappa shape index (κ3) is 6.21. The van der Waals surface area contributed by atoms with Crippen LogP contribution in [0.2, 0.25) is 0 Å². The Morgan fingerprint density at radius 1 is 1.08 bits per heavy atom. The van der Waals surface area contributed by atoms with E-state index in [1.165, 1.54) is 0 Å². The maximum Gasteiger partial charge on any atom is 0.246 e. The van der Waals surface area contributed by atoms with Crippen LogP contribution < -0.4 is 16.0 Å². The molecule has 4 atom stereocenters. The predicted octanol–water partition coefficient (Wildman–Crippen LogP) is 1.20. The molecule has 1 aliphatic heterocycles. The molecule has 37 heavy (non-hydrogen) atoms. The van der Waals surface area contributed by atoms with E-state index in [1.807, 2.05) is 38.1 Å². The molecule has 1 aromatic rings. The summed E-state index contributed by atoms with van der Waals surface area (Å²) in [6.07, 6.45) is 3.00. The van der Waals surface area contributed by atoms with Crippen molar-refractivity contribution in [1.82, 2.24) is 25.8 Å². The number of nitrogens with zero attached hydrogens (tertiary/aromatic N) is 2. The number of aryl methyl sites for hydroxylation is 1. The lowest BCUT2D eigenvalue weighted by atomic mass is 9.77. The molecule has 9 heteroatoms. The van der Waals surface area contributed by atoms with E-state index in [0.29, 0.717) is 26.1 Å². The smallest absolute Gasteiger partial charge is 0.246 e. The summed E-state index contributed by atoms with van der Waals surface area (Å²) in [5.41, 5.74) is 0.768. The summed E-state index contributed by atoms with van der Waals surface area (Å²) in [7, 11) is 1.69. The Balaban J connectivity index is 1.90. The van der Waals surface area contributed by atoms with E-state index in [-0.39, 0.29) is 29.7 Å². The third-order valence-corrected chi connectivity index (χ3v) is 7.85. The van der Waals surface area contributed by atoms with E-state index < -0.39 is 23.7 Å². The summed E-state index contributed by atoms with van der Waals surface area (Å²) in [4.78, 5) is 56.6. The van der Waals surface area contributed by atoms with Crippen molar-refractivity contribution in [1.29, 1.82) is 0 Å². The molecule has 3 rings (SSSR count). The maximum atomic E-state index is 13.9. The van der Waals surface area contributed by atoms with Gasteiger partial charge in [0.25, 0.3) is 0 Å². The van der Waals surface area contributed by atoms with Crippen LogP contribution in [-0.4, -0.2) is 84.7 Å². The van der Waals surface area contributed by atoms with Crippen LogP contribution in [0.25, 0.3) is 0 Å². The molecule has 0 bridgehead atoms. The van der Waals surface area contributed by atoms with Gasteiger partial charge in [0.2, 0.25) is 17.7 Å². The van der Waals surface area contributed by atoms with Gasteiger partial charge in [-0.1, -0.05) is 38.1 Å². The zero-order chi connectivity index (χ0) is 27.3. The number of piperazine rings is 1. The fraction of sp³-hybridized carbons (Fsp3) is 0.643. The number of carbonyl (C=O) groups excluding carboxylic acids is 4. The first-order chi connectivity index (χ1) is 17.5. The van der Waals surface area contributed by atoms with E-state index in [0.717, 1.165) is 30.3 Å². The Kier molecular flexibility index (Phi) is 9.47. The summed E-state index contributed by atoms with van der Waals surface area (Å²) in [6, 6.07) is 5.92. The lowest BCUT2D eigenvalue weighted by Gasteiger charge is -2.45. The Morgan fingerprint density at radius 2 is 1.78 bits per heavy atom. The molecule has 1 heterocycles. The summed E-state index contributed by atoms with van der Waals surface area (Å²) in [6.45, 7) is 11.0. The van der Waals surface area contributed by atoms with Gasteiger partial charge in [0.15, 0.2) is 0 Å². The van der Waals surface area contributed by atoms with Crippen LogP contribution in [0.4, 0.5) is 0 Å². The highest BCUT2D eigenvalue weighted by Gasteiger charge is 2.44.